The molecule has 0 saturated carbocycles. The molecule has 1 amide bonds. The number of fused-ring (bicyclic) bond motifs is 1. The molecule has 0 spiro atoms. The van der Waals surface area contributed by atoms with Gasteiger partial charge in [0.15, 0.2) is 0 Å². The molecule has 5 nitrogen and oxygen atoms in total. The summed E-state index contributed by atoms with van der Waals surface area (Å²) in [6.45, 7) is 1.88. The minimum Gasteiger partial charge on any atom is -0.492 e. The molecule has 2 heterocycles. The lowest BCUT2D eigenvalue weighted by atomic mass is 10.1. The smallest absolute Gasteiger partial charge is 0.227 e. The Morgan fingerprint density at radius 3 is 2.55 bits per heavy atom. The van der Waals surface area contributed by atoms with E-state index in [1.54, 1.807) is 0 Å². The van der Waals surface area contributed by atoms with Crippen LogP contribution in [-0.2, 0) is 11.3 Å². The number of aromatic nitrogens is 2. The maximum absolute atomic E-state index is 12.8. The number of para-hydroxylation sites is 3. The quantitative estimate of drug-likeness (QED) is 0.291. The number of carbonyl (C=O) groups is 1. The second-order valence-electron chi connectivity index (χ2n) is 8.12. The lowest BCUT2D eigenvalue weighted by molar-refractivity contribution is -0.117. The van der Waals surface area contributed by atoms with Gasteiger partial charge in [-0.05, 0) is 55.0 Å². The van der Waals surface area contributed by atoms with Crippen molar-refractivity contribution in [2.45, 2.75) is 25.3 Å². The molecule has 168 valence electrons. The molecular weight excluding hydrogens is 457 g/mol. The molecule has 1 aliphatic rings. The number of hydrogen-bond acceptors (Lipinski definition) is 3. The van der Waals surface area contributed by atoms with E-state index in [-0.39, 0.29) is 11.8 Å². The standard InChI is InChI=1S/C26H23Cl2N3O2/c27-19-10-12-20(13-11-19)31-17-18(16-25(31)32)26-29-22-7-2-3-8-23(22)30(26)14-5-15-33-24-9-4-1-6-21(24)28/h1-4,6-13,18H,5,14-17H2. The number of ether oxygens (including phenoxy) is 1. The van der Waals surface area contributed by atoms with Crippen molar-refractivity contribution >= 4 is 45.8 Å². The number of anilines is 1. The summed E-state index contributed by atoms with van der Waals surface area (Å²) in [7, 11) is 0. The fraction of sp³-hybridized carbons (Fsp3) is 0.231. The summed E-state index contributed by atoms with van der Waals surface area (Å²) in [5.74, 6) is 1.75. The number of amides is 1. The summed E-state index contributed by atoms with van der Waals surface area (Å²) in [5, 5.41) is 1.26. The van der Waals surface area contributed by atoms with E-state index < -0.39 is 0 Å². The maximum atomic E-state index is 12.8. The maximum Gasteiger partial charge on any atom is 0.227 e. The van der Waals surface area contributed by atoms with E-state index in [1.165, 1.54) is 0 Å². The van der Waals surface area contributed by atoms with E-state index in [4.69, 9.17) is 32.9 Å². The van der Waals surface area contributed by atoms with Gasteiger partial charge in [0.1, 0.15) is 11.6 Å². The molecule has 1 aliphatic heterocycles. The Kier molecular flexibility index (Phi) is 6.25. The lowest BCUT2D eigenvalue weighted by Gasteiger charge is -2.17. The lowest BCUT2D eigenvalue weighted by Crippen LogP contribution is -2.24. The van der Waals surface area contributed by atoms with Crippen molar-refractivity contribution in [2.75, 3.05) is 18.1 Å². The number of benzene rings is 3. The van der Waals surface area contributed by atoms with E-state index in [0.29, 0.717) is 35.4 Å². The number of nitrogens with zero attached hydrogens (tertiary/aromatic N) is 3. The van der Waals surface area contributed by atoms with Crippen LogP contribution in [-0.4, -0.2) is 28.6 Å². The molecule has 1 atom stereocenters. The average Bonchev–Trinajstić information content (AvgIpc) is 3.39. The number of aryl methyl sites for hydroxylation is 1. The molecule has 7 heteroatoms. The molecule has 3 aromatic carbocycles. The van der Waals surface area contributed by atoms with Gasteiger partial charge in [-0.3, -0.25) is 4.79 Å². The highest BCUT2D eigenvalue weighted by molar-refractivity contribution is 6.32. The van der Waals surface area contributed by atoms with Gasteiger partial charge in [0, 0.05) is 36.1 Å². The summed E-state index contributed by atoms with van der Waals surface area (Å²) in [4.78, 5) is 19.6. The molecule has 0 N–H and O–H groups in total. The van der Waals surface area contributed by atoms with Crippen LogP contribution in [0.1, 0.15) is 24.6 Å². The predicted molar refractivity (Wildman–Crippen MR) is 132 cm³/mol. The molecule has 5 rings (SSSR count). The fourth-order valence-corrected chi connectivity index (χ4v) is 4.67. The van der Waals surface area contributed by atoms with Gasteiger partial charge in [-0.25, -0.2) is 4.98 Å². The average molecular weight is 480 g/mol. The fourth-order valence-electron chi connectivity index (χ4n) is 4.36. The Morgan fingerprint density at radius 2 is 1.73 bits per heavy atom. The SMILES string of the molecule is O=C1CC(c2nc3ccccc3n2CCCOc2ccccc2Cl)CN1c1ccc(Cl)cc1. The summed E-state index contributed by atoms with van der Waals surface area (Å²) >= 11 is 12.2. The first kappa shape index (κ1) is 21.8. The third kappa shape index (κ3) is 4.56. The van der Waals surface area contributed by atoms with Crippen LogP contribution in [0.2, 0.25) is 10.0 Å². The van der Waals surface area contributed by atoms with E-state index in [2.05, 4.69) is 10.6 Å². The van der Waals surface area contributed by atoms with Gasteiger partial charge in [-0.1, -0.05) is 47.5 Å². The van der Waals surface area contributed by atoms with Crippen LogP contribution < -0.4 is 9.64 Å². The van der Waals surface area contributed by atoms with Crippen LogP contribution in [0.5, 0.6) is 5.75 Å². The van der Waals surface area contributed by atoms with Gasteiger partial charge < -0.3 is 14.2 Å². The highest BCUT2D eigenvalue weighted by Crippen LogP contribution is 2.34. The normalized spacial score (nSPS) is 16.0. The van der Waals surface area contributed by atoms with Crippen molar-refractivity contribution in [1.29, 1.82) is 0 Å². The van der Waals surface area contributed by atoms with Gasteiger partial charge >= 0.3 is 0 Å². The van der Waals surface area contributed by atoms with Crippen LogP contribution in [0.15, 0.2) is 72.8 Å². The minimum absolute atomic E-state index is 0.0186. The predicted octanol–water partition coefficient (Wildman–Crippen LogP) is 6.33. The molecule has 1 aromatic heterocycles. The Hall–Kier alpha value is -3.02. The zero-order valence-corrected chi connectivity index (χ0v) is 19.5. The van der Waals surface area contributed by atoms with Crippen molar-refractivity contribution in [3.63, 3.8) is 0 Å². The number of hydrogen-bond donors (Lipinski definition) is 0. The van der Waals surface area contributed by atoms with Gasteiger partial charge in [0.05, 0.1) is 22.7 Å². The monoisotopic (exact) mass is 479 g/mol. The van der Waals surface area contributed by atoms with Gasteiger partial charge in [-0.2, -0.15) is 0 Å². The van der Waals surface area contributed by atoms with E-state index in [1.807, 2.05) is 71.6 Å². The van der Waals surface area contributed by atoms with E-state index in [0.717, 1.165) is 35.5 Å². The topological polar surface area (TPSA) is 47.4 Å². The minimum atomic E-state index is 0.0186. The van der Waals surface area contributed by atoms with Gasteiger partial charge in [0.25, 0.3) is 0 Å². The summed E-state index contributed by atoms with van der Waals surface area (Å²) in [6.07, 6.45) is 1.22. The Balaban J connectivity index is 1.35. The third-order valence-electron chi connectivity index (χ3n) is 5.93. The molecule has 33 heavy (non-hydrogen) atoms. The molecule has 0 radical (unpaired) electrons. The number of halogens is 2. The summed E-state index contributed by atoms with van der Waals surface area (Å²) in [5.41, 5.74) is 2.88. The molecule has 4 aromatic rings. The first-order valence-corrected chi connectivity index (χ1v) is 11.7. The molecule has 1 unspecified atom stereocenters. The molecule has 0 aliphatic carbocycles. The first-order chi connectivity index (χ1) is 16.1. The van der Waals surface area contributed by atoms with Crippen LogP contribution in [0.25, 0.3) is 11.0 Å². The summed E-state index contributed by atoms with van der Waals surface area (Å²) < 4.78 is 8.11. The van der Waals surface area contributed by atoms with Crippen molar-refractivity contribution in [3.8, 4) is 5.75 Å². The number of imidazole rings is 1. The zero-order valence-electron chi connectivity index (χ0n) is 18.0. The van der Waals surface area contributed by atoms with Gasteiger partial charge in [0.2, 0.25) is 5.91 Å². The highest BCUT2D eigenvalue weighted by atomic mass is 35.5. The van der Waals surface area contributed by atoms with E-state index >= 15 is 0 Å². The Morgan fingerprint density at radius 1 is 0.970 bits per heavy atom. The van der Waals surface area contributed by atoms with Crippen molar-refractivity contribution < 1.29 is 9.53 Å². The number of carbonyl (C=O) groups excluding carboxylic acids is 1. The molecule has 1 saturated heterocycles. The Bertz CT molecular complexity index is 1290. The molecule has 0 bridgehead atoms. The third-order valence-corrected chi connectivity index (χ3v) is 6.50. The van der Waals surface area contributed by atoms with Crippen LogP contribution >= 0.6 is 23.2 Å². The zero-order chi connectivity index (χ0) is 22.8. The highest BCUT2D eigenvalue weighted by Gasteiger charge is 2.34. The summed E-state index contributed by atoms with van der Waals surface area (Å²) in [6, 6.07) is 23.0. The second kappa shape index (κ2) is 9.46. The first-order valence-electron chi connectivity index (χ1n) is 11.0. The molecular formula is C26H23Cl2N3O2. The largest absolute Gasteiger partial charge is 0.492 e. The second-order valence-corrected chi connectivity index (χ2v) is 8.97. The van der Waals surface area contributed by atoms with Crippen LogP contribution in [0.3, 0.4) is 0 Å². The Labute approximate surface area is 202 Å². The van der Waals surface area contributed by atoms with Crippen LogP contribution in [0, 0.1) is 0 Å². The van der Waals surface area contributed by atoms with E-state index in [9.17, 15) is 4.79 Å². The van der Waals surface area contributed by atoms with Crippen molar-refractivity contribution in [1.82, 2.24) is 9.55 Å². The molecule has 1 fully saturated rings. The van der Waals surface area contributed by atoms with Crippen molar-refractivity contribution in [2.24, 2.45) is 0 Å². The number of rotatable bonds is 7. The van der Waals surface area contributed by atoms with Gasteiger partial charge in [-0.15, -0.1) is 0 Å². The van der Waals surface area contributed by atoms with Crippen molar-refractivity contribution in [3.05, 3.63) is 88.7 Å². The van der Waals surface area contributed by atoms with Crippen LogP contribution in [0.4, 0.5) is 5.69 Å².